The third kappa shape index (κ3) is 6.41. The molecule has 3 rings (SSSR count). The van der Waals surface area contributed by atoms with Crippen molar-refractivity contribution >= 4 is 11.6 Å². The van der Waals surface area contributed by atoms with Crippen molar-refractivity contribution < 1.29 is 19.2 Å². The van der Waals surface area contributed by atoms with E-state index in [-0.39, 0.29) is 18.1 Å². The van der Waals surface area contributed by atoms with Crippen LogP contribution in [0.25, 0.3) is 11.3 Å². The number of ether oxygens (including phenoxy) is 1. The number of hydrogen-bond acceptors (Lipinski definition) is 6. The van der Waals surface area contributed by atoms with Crippen molar-refractivity contribution in [2.75, 3.05) is 18.5 Å². The number of carbonyl (C=O) groups excluding carboxylic acids is 1. The highest BCUT2D eigenvalue weighted by atomic mass is 16.5. The summed E-state index contributed by atoms with van der Waals surface area (Å²) in [6.45, 7) is 8.45. The summed E-state index contributed by atoms with van der Waals surface area (Å²) < 4.78 is 10.9. The van der Waals surface area contributed by atoms with Gasteiger partial charge in [0.25, 0.3) is 5.91 Å². The van der Waals surface area contributed by atoms with Crippen molar-refractivity contribution in [3.05, 3.63) is 65.9 Å². The quantitative estimate of drug-likeness (QED) is 0.506. The van der Waals surface area contributed by atoms with Crippen LogP contribution in [0, 0.1) is 6.92 Å². The van der Waals surface area contributed by atoms with Crippen LogP contribution in [0.2, 0.25) is 0 Å². The Kier molecular flexibility index (Phi) is 7.09. The van der Waals surface area contributed by atoms with Crippen LogP contribution in [0.4, 0.5) is 5.69 Å². The average molecular weight is 424 g/mol. The number of nitrogens with one attached hydrogen (secondary N) is 2. The largest absolute Gasteiger partial charge is 0.491 e. The molecule has 2 aromatic carbocycles. The van der Waals surface area contributed by atoms with Gasteiger partial charge in [0.2, 0.25) is 0 Å². The second kappa shape index (κ2) is 9.76. The van der Waals surface area contributed by atoms with Crippen LogP contribution in [0.15, 0.2) is 59.1 Å². The molecule has 0 spiro atoms. The highest BCUT2D eigenvalue weighted by Gasteiger charge is 2.21. The molecule has 3 aromatic rings. The van der Waals surface area contributed by atoms with E-state index in [2.05, 4.69) is 15.8 Å². The van der Waals surface area contributed by atoms with Gasteiger partial charge in [0.15, 0.2) is 0 Å². The third-order valence-corrected chi connectivity index (χ3v) is 4.56. The Labute approximate surface area is 182 Å². The lowest BCUT2D eigenvalue weighted by Gasteiger charge is -2.23. The minimum atomic E-state index is -0.619. The molecule has 164 valence electrons. The maximum atomic E-state index is 12.9. The van der Waals surface area contributed by atoms with Crippen molar-refractivity contribution in [1.29, 1.82) is 0 Å². The number of amides is 1. The number of rotatable bonds is 8. The van der Waals surface area contributed by atoms with Crippen molar-refractivity contribution in [2.24, 2.45) is 0 Å². The molecule has 1 heterocycles. The van der Waals surface area contributed by atoms with Gasteiger partial charge in [-0.05, 0) is 52.0 Å². The second-order valence-corrected chi connectivity index (χ2v) is 8.40. The van der Waals surface area contributed by atoms with E-state index in [4.69, 9.17) is 9.26 Å². The zero-order valence-electron chi connectivity index (χ0n) is 18.3. The maximum Gasteiger partial charge on any atom is 0.261 e. The van der Waals surface area contributed by atoms with Gasteiger partial charge in [0.1, 0.15) is 35.5 Å². The summed E-state index contributed by atoms with van der Waals surface area (Å²) >= 11 is 0. The van der Waals surface area contributed by atoms with Crippen LogP contribution < -0.4 is 15.4 Å². The van der Waals surface area contributed by atoms with E-state index < -0.39 is 6.10 Å². The van der Waals surface area contributed by atoms with Gasteiger partial charge in [-0.2, -0.15) is 0 Å². The van der Waals surface area contributed by atoms with Crippen LogP contribution in [0.3, 0.4) is 0 Å². The Morgan fingerprint density at radius 2 is 1.81 bits per heavy atom. The number of aryl methyl sites for hydroxylation is 1. The summed E-state index contributed by atoms with van der Waals surface area (Å²) in [5.41, 5.74) is 2.28. The Morgan fingerprint density at radius 1 is 1.13 bits per heavy atom. The number of carbonyl (C=O) groups is 1. The molecule has 31 heavy (non-hydrogen) atoms. The van der Waals surface area contributed by atoms with Gasteiger partial charge in [-0.3, -0.25) is 4.79 Å². The SMILES string of the molecule is Cc1onc(-c2ccccc2)c1C(=O)Nc1ccc(OC[C@H](O)CNC(C)(C)C)cc1. The number of aliphatic hydroxyl groups excluding tert-OH is 1. The summed E-state index contributed by atoms with van der Waals surface area (Å²) in [5.74, 6) is 0.767. The van der Waals surface area contributed by atoms with Gasteiger partial charge >= 0.3 is 0 Å². The molecule has 1 amide bonds. The standard InChI is InChI=1S/C24H29N3O4/c1-16-21(22(27-31-16)17-8-6-5-7-9-17)23(29)26-18-10-12-20(13-11-18)30-15-19(28)14-25-24(2,3)4/h5-13,19,25,28H,14-15H2,1-4H3,(H,26,29)/t19-/m1/s1. The topological polar surface area (TPSA) is 96.6 Å². The fraction of sp³-hybridized carbons (Fsp3) is 0.333. The van der Waals surface area contributed by atoms with Gasteiger partial charge in [-0.25, -0.2) is 0 Å². The fourth-order valence-corrected chi connectivity index (χ4v) is 2.94. The van der Waals surface area contributed by atoms with Gasteiger partial charge in [0, 0.05) is 23.3 Å². The molecule has 7 nitrogen and oxygen atoms in total. The lowest BCUT2D eigenvalue weighted by molar-refractivity contribution is 0.100. The molecule has 0 bridgehead atoms. The first-order valence-corrected chi connectivity index (χ1v) is 10.2. The summed E-state index contributed by atoms with van der Waals surface area (Å²) in [6.07, 6.45) is -0.619. The number of aliphatic hydroxyl groups is 1. The van der Waals surface area contributed by atoms with Gasteiger partial charge < -0.3 is 25.0 Å². The predicted octanol–water partition coefficient (Wildman–Crippen LogP) is 4.03. The molecule has 0 unspecified atom stereocenters. The Morgan fingerprint density at radius 3 is 2.45 bits per heavy atom. The Balaban J connectivity index is 1.59. The van der Waals surface area contributed by atoms with Crippen LogP contribution >= 0.6 is 0 Å². The highest BCUT2D eigenvalue weighted by molar-refractivity contribution is 6.08. The summed E-state index contributed by atoms with van der Waals surface area (Å²) in [6, 6.07) is 16.4. The summed E-state index contributed by atoms with van der Waals surface area (Å²) in [5, 5.41) is 20.2. The molecule has 0 aliphatic rings. The number of anilines is 1. The molecule has 0 saturated carbocycles. The first-order valence-electron chi connectivity index (χ1n) is 10.2. The molecule has 0 fully saturated rings. The van der Waals surface area contributed by atoms with E-state index in [9.17, 15) is 9.90 Å². The van der Waals surface area contributed by atoms with Crippen molar-refractivity contribution in [1.82, 2.24) is 10.5 Å². The van der Waals surface area contributed by atoms with Crippen LogP contribution in [-0.2, 0) is 0 Å². The predicted molar refractivity (Wildman–Crippen MR) is 120 cm³/mol. The highest BCUT2D eigenvalue weighted by Crippen LogP contribution is 2.26. The number of β-amino-alcohol motifs (C(OH)–C–C–N with tert-alkyl or cyclic N) is 1. The van der Waals surface area contributed by atoms with Crippen molar-refractivity contribution in [2.45, 2.75) is 39.3 Å². The molecular formula is C24H29N3O4. The third-order valence-electron chi connectivity index (χ3n) is 4.56. The van der Waals surface area contributed by atoms with Gasteiger partial charge in [0.05, 0.1) is 0 Å². The molecule has 1 atom stereocenters. The van der Waals surface area contributed by atoms with Crippen molar-refractivity contribution in [3.63, 3.8) is 0 Å². The van der Waals surface area contributed by atoms with E-state index in [0.29, 0.717) is 35.0 Å². The summed E-state index contributed by atoms with van der Waals surface area (Å²) in [7, 11) is 0. The van der Waals surface area contributed by atoms with Crippen LogP contribution in [0.1, 0.15) is 36.9 Å². The van der Waals surface area contributed by atoms with Gasteiger partial charge in [-0.1, -0.05) is 35.5 Å². The Bertz CT molecular complexity index is 992. The minimum absolute atomic E-state index is 0.0654. The minimum Gasteiger partial charge on any atom is -0.491 e. The number of benzene rings is 2. The van der Waals surface area contributed by atoms with E-state index in [1.807, 2.05) is 51.1 Å². The number of nitrogens with zero attached hydrogens (tertiary/aromatic N) is 1. The van der Waals surface area contributed by atoms with Gasteiger partial charge in [-0.15, -0.1) is 0 Å². The molecule has 1 aromatic heterocycles. The zero-order valence-corrected chi connectivity index (χ0v) is 18.3. The molecule has 3 N–H and O–H groups in total. The van der Waals surface area contributed by atoms with Crippen molar-refractivity contribution in [3.8, 4) is 17.0 Å². The molecule has 0 aliphatic carbocycles. The average Bonchev–Trinajstić information content (AvgIpc) is 3.13. The van der Waals surface area contributed by atoms with E-state index in [1.54, 1.807) is 31.2 Å². The smallest absolute Gasteiger partial charge is 0.261 e. The maximum absolute atomic E-state index is 12.9. The normalized spacial score (nSPS) is 12.4. The molecule has 0 aliphatic heterocycles. The van der Waals surface area contributed by atoms with Crippen LogP contribution in [0.5, 0.6) is 5.75 Å². The second-order valence-electron chi connectivity index (χ2n) is 8.40. The lowest BCUT2D eigenvalue weighted by atomic mass is 10.1. The zero-order chi connectivity index (χ0) is 22.4. The first-order chi connectivity index (χ1) is 14.7. The van der Waals surface area contributed by atoms with E-state index in [0.717, 1.165) is 5.56 Å². The molecule has 7 heteroatoms. The fourth-order valence-electron chi connectivity index (χ4n) is 2.94. The van der Waals surface area contributed by atoms with E-state index >= 15 is 0 Å². The van der Waals surface area contributed by atoms with Crippen LogP contribution in [-0.4, -0.2) is 41.0 Å². The lowest BCUT2D eigenvalue weighted by Crippen LogP contribution is -2.42. The number of hydrogen-bond donors (Lipinski definition) is 3. The monoisotopic (exact) mass is 423 g/mol. The molecule has 0 radical (unpaired) electrons. The first kappa shape index (κ1) is 22.5. The van der Waals surface area contributed by atoms with E-state index in [1.165, 1.54) is 0 Å². The molecular weight excluding hydrogens is 394 g/mol. The Hall–Kier alpha value is -3.16. The molecule has 0 saturated heterocycles. The number of aromatic nitrogens is 1. The summed E-state index contributed by atoms with van der Waals surface area (Å²) in [4.78, 5) is 12.9.